The third kappa shape index (κ3) is 4.58. The number of thiophene rings is 1. The molecule has 10 rings (SSSR count). The van der Waals surface area contributed by atoms with Crippen molar-refractivity contribution in [2.24, 2.45) is 0 Å². The molecule has 0 spiro atoms. The maximum absolute atomic E-state index is 8.07. The lowest BCUT2D eigenvalue weighted by atomic mass is 9.85. The second kappa shape index (κ2) is 11.3. The van der Waals surface area contributed by atoms with Gasteiger partial charge >= 0.3 is 0 Å². The summed E-state index contributed by atoms with van der Waals surface area (Å²) in [5, 5.41) is 9.86. The molecule has 1 heterocycles. The monoisotopic (exact) mass is 639 g/mol. The molecule has 0 N–H and O–H groups in total. The van der Waals surface area contributed by atoms with Crippen LogP contribution in [0.2, 0.25) is 0 Å². The van der Waals surface area contributed by atoms with Gasteiger partial charge in [0.25, 0.3) is 0 Å². The average Bonchev–Trinajstić information content (AvgIpc) is 3.55. The minimum Gasteiger partial charge on any atom is -0.135 e. The Morgan fingerprint density at radius 1 is 0.347 bits per heavy atom. The van der Waals surface area contributed by atoms with Crippen LogP contribution in [0, 0.1) is 0 Å². The molecule has 1 aromatic heterocycles. The number of rotatable bonds is 4. The van der Waals surface area contributed by atoms with Crippen LogP contribution in [0.3, 0.4) is 0 Å². The molecule has 0 fully saturated rings. The van der Waals surface area contributed by atoms with Gasteiger partial charge in [0.2, 0.25) is 0 Å². The summed E-state index contributed by atoms with van der Waals surface area (Å²) in [6, 6.07) is 64.2. The molecule has 0 radical (unpaired) electrons. The number of hydrogen-bond donors (Lipinski definition) is 0. The third-order valence-corrected chi connectivity index (χ3v) is 11.1. The van der Waals surface area contributed by atoms with Crippen LogP contribution in [0.4, 0.5) is 0 Å². The van der Waals surface area contributed by atoms with Gasteiger partial charge in [-0.25, -0.2) is 0 Å². The summed E-state index contributed by atoms with van der Waals surface area (Å²) in [6.45, 7) is 0. The van der Waals surface area contributed by atoms with Crippen molar-refractivity contribution >= 4 is 63.8 Å². The number of fused-ring (bicyclic) bond motifs is 6. The van der Waals surface area contributed by atoms with E-state index in [2.05, 4.69) is 164 Å². The average molecular weight is 640 g/mol. The van der Waals surface area contributed by atoms with E-state index in [9.17, 15) is 0 Å². The Bertz CT molecular complexity index is 2860. The smallest absolute Gasteiger partial charge is 0.0623 e. The normalized spacial score (nSPS) is 12.0. The van der Waals surface area contributed by atoms with Gasteiger partial charge in [-0.05, 0) is 95.0 Å². The lowest BCUT2D eigenvalue weighted by molar-refractivity contribution is 1.64. The molecule has 0 atom stereocenters. The second-order valence-electron chi connectivity index (χ2n) is 12.8. The molecule has 0 bridgehead atoms. The Labute approximate surface area is 290 Å². The molecule has 0 nitrogen and oxygen atoms in total. The van der Waals surface area contributed by atoms with Gasteiger partial charge < -0.3 is 0 Å². The third-order valence-electron chi connectivity index (χ3n) is 9.99. The van der Waals surface area contributed by atoms with Crippen molar-refractivity contribution in [1.29, 1.82) is 0 Å². The molecule has 49 heavy (non-hydrogen) atoms. The molecule has 9 aromatic carbocycles. The van der Waals surface area contributed by atoms with Crippen molar-refractivity contribution in [2.75, 3.05) is 0 Å². The molecule has 228 valence electrons. The minimum absolute atomic E-state index is 0.536. The highest BCUT2D eigenvalue weighted by Gasteiger charge is 2.18. The molecule has 0 aliphatic rings. The van der Waals surface area contributed by atoms with E-state index < -0.39 is 0 Å². The fourth-order valence-electron chi connectivity index (χ4n) is 7.73. The van der Waals surface area contributed by atoms with Gasteiger partial charge in [-0.2, -0.15) is 0 Å². The minimum atomic E-state index is 0.536. The van der Waals surface area contributed by atoms with Crippen LogP contribution in [-0.2, 0) is 0 Å². The van der Waals surface area contributed by atoms with Gasteiger partial charge in [-0.1, -0.05) is 164 Å². The Hall–Kier alpha value is -6.02. The van der Waals surface area contributed by atoms with Gasteiger partial charge in [-0.15, -0.1) is 11.3 Å². The van der Waals surface area contributed by atoms with Crippen LogP contribution < -0.4 is 0 Å². The van der Waals surface area contributed by atoms with Gasteiger partial charge in [0.1, 0.15) is 0 Å². The zero-order valence-electron chi connectivity index (χ0n) is 27.7. The van der Waals surface area contributed by atoms with Crippen LogP contribution >= 0.6 is 11.3 Å². The first-order valence-electron chi connectivity index (χ1n) is 17.3. The van der Waals surface area contributed by atoms with E-state index in [0.717, 1.165) is 10.8 Å². The predicted octanol–water partition coefficient (Wildman–Crippen LogP) is 14.2. The second-order valence-corrected chi connectivity index (χ2v) is 13.8. The summed E-state index contributed by atoms with van der Waals surface area (Å²) in [6.07, 6.45) is 0. The molecular weight excluding hydrogens is 609 g/mol. The molecule has 0 aliphatic heterocycles. The zero-order valence-corrected chi connectivity index (χ0v) is 27.5. The van der Waals surface area contributed by atoms with Crippen LogP contribution in [0.5, 0.6) is 0 Å². The summed E-state index contributed by atoms with van der Waals surface area (Å²) >= 11 is 1.87. The van der Waals surface area contributed by atoms with Gasteiger partial charge in [0.15, 0.2) is 0 Å². The summed E-state index contributed by atoms with van der Waals surface area (Å²) in [7, 11) is 0. The van der Waals surface area contributed by atoms with E-state index in [-0.39, 0.29) is 0 Å². The maximum Gasteiger partial charge on any atom is 0.0623 e. The standard InChI is InChI=1S/C48H30S/c1-2-11-31(12-3-1)36-27-28-43-45(30-36)49-44-20-10-19-38(48(43)44)33-22-24-34(25-23-33)46-39-15-6-8-17-41(39)47(42-18-9-7-16-40(42)46)37-26-21-32-13-4-5-14-35(32)29-37/h1-30H/i4D. The first kappa shape index (κ1) is 27.0. The van der Waals surface area contributed by atoms with Crippen LogP contribution in [0.25, 0.3) is 97.0 Å². The van der Waals surface area contributed by atoms with E-state index in [1.165, 1.54) is 86.2 Å². The highest BCUT2D eigenvalue weighted by Crippen LogP contribution is 2.45. The van der Waals surface area contributed by atoms with Gasteiger partial charge in [0.05, 0.1) is 1.37 Å². The molecule has 0 saturated carbocycles. The molecule has 0 unspecified atom stereocenters. The SMILES string of the molecule is [2H]c1ccc2cc(-c3c4ccccc4c(-c4ccc(-c5cccc6sc7cc(-c8ccccc8)ccc7c56)cc4)c4ccccc34)ccc2c1. The summed E-state index contributed by atoms with van der Waals surface area (Å²) in [4.78, 5) is 0. The molecule has 0 saturated heterocycles. The Kier molecular flexibility index (Phi) is 6.22. The van der Waals surface area contributed by atoms with E-state index in [1.807, 2.05) is 23.5 Å². The van der Waals surface area contributed by atoms with Crippen LogP contribution in [0.15, 0.2) is 182 Å². The number of benzene rings is 9. The topological polar surface area (TPSA) is 0 Å². The molecule has 10 aromatic rings. The maximum atomic E-state index is 8.07. The van der Waals surface area contributed by atoms with Crippen molar-refractivity contribution in [3.8, 4) is 44.5 Å². The molecule has 1 heteroatoms. The first-order chi connectivity index (χ1) is 24.7. The Morgan fingerprint density at radius 2 is 0.980 bits per heavy atom. The summed E-state index contributed by atoms with van der Waals surface area (Å²) in [5.41, 5.74) is 9.91. The highest BCUT2D eigenvalue weighted by atomic mass is 32.1. The molecule has 0 aliphatic carbocycles. The molecular formula is C48H30S. The van der Waals surface area contributed by atoms with E-state index >= 15 is 0 Å². The lowest BCUT2D eigenvalue weighted by Crippen LogP contribution is -1.91. The Morgan fingerprint density at radius 3 is 1.71 bits per heavy atom. The van der Waals surface area contributed by atoms with E-state index in [4.69, 9.17) is 1.37 Å². The van der Waals surface area contributed by atoms with Crippen molar-refractivity contribution in [3.63, 3.8) is 0 Å². The summed E-state index contributed by atoms with van der Waals surface area (Å²) in [5.74, 6) is 0. The predicted molar refractivity (Wildman–Crippen MR) is 214 cm³/mol. The first-order valence-corrected chi connectivity index (χ1v) is 17.6. The van der Waals surface area contributed by atoms with Crippen molar-refractivity contribution in [1.82, 2.24) is 0 Å². The zero-order chi connectivity index (χ0) is 33.2. The summed E-state index contributed by atoms with van der Waals surface area (Å²) < 4.78 is 10.7. The Balaban J connectivity index is 1.12. The van der Waals surface area contributed by atoms with Gasteiger partial charge in [0, 0.05) is 20.2 Å². The highest BCUT2D eigenvalue weighted by molar-refractivity contribution is 7.26. The van der Waals surface area contributed by atoms with Gasteiger partial charge in [-0.3, -0.25) is 0 Å². The van der Waals surface area contributed by atoms with E-state index in [0.29, 0.717) is 6.04 Å². The van der Waals surface area contributed by atoms with Crippen molar-refractivity contribution < 1.29 is 1.37 Å². The lowest BCUT2D eigenvalue weighted by Gasteiger charge is -2.18. The van der Waals surface area contributed by atoms with Crippen LogP contribution in [-0.4, -0.2) is 0 Å². The van der Waals surface area contributed by atoms with Crippen LogP contribution in [0.1, 0.15) is 1.37 Å². The quantitative estimate of drug-likeness (QED) is 0.168. The number of hydrogen-bond acceptors (Lipinski definition) is 1. The molecule has 0 amide bonds. The van der Waals surface area contributed by atoms with Crippen molar-refractivity contribution in [3.05, 3.63) is 182 Å². The van der Waals surface area contributed by atoms with E-state index in [1.54, 1.807) is 0 Å². The largest absolute Gasteiger partial charge is 0.135 e. The fourth-order valence-corrected chi connectivity index (χ4v) is 8.90. The van der Waals surface area contributed by atoms with Crippen molar-refractivity contribution in [2.45, 2.75) is 0 Å². The fraction of sp³-hybridized carbons (Fsp3) is 0.